The Kier molecular flexibility index (Phi) is 6.53. The Bertz CT molecular complexity index is 507. The van der Waals surface area contributed by atoms with Gasteiger partial charge in [0.15, 0.2) is 0 Å². The Hall–Kier alpha value is -0.860. The van der Waals surface area contributed by atoms with Gasteiger partial charge in [0.25, 0.3) is 0 Å². The van der Waals surface area contributed by atoms with Crippen LogP contribution in [0.2, 0.25) is 5.02 Å². The normalized spacial score (nSPS) is 11.7. The highest BCUT2D eigenvalue weighted by atomic mass is 35.5. The Balaban J connectivity index is 2.54. The smallest absolute Gasteiger partial charge is 0.242 e. The van der Waals surface area contributed by atoms with E-state index in [-0.39, 0.29) is 30.3 Å². The molecule has 0 aliphatic carbocycles. The number of anilines is 1. The second-order valence-electron chi connectivity index (χ2n) is 3.77. The van der Waals surface area contributed by atoms with E-state index >= 15 is 0 Å². The van der Waals surface area contributed by atoms with Gasteiger partial charge in [-0.25, -0.2) is 13.1 Å². The zero-order valence-electron chi connectivity index (χ0n) is 10.3. The summed E-state index contributed by atoms with van der Waals surface area (Å²) in [5.41, 5.74) is 5.76. The molecule has 0 bridgehead atoms. The SMILES string of the molecule is Nc1ccc(Cl)cc1S(=O)(=O)NCCCOCCO. The second-order valence-corrected chi connectivity index (χ2v) is 5.94. The molecule has 108 valence electrons. The van der Waals surface area contributed by atoms with Crippen LogP contribution in [-0.4, -0.2) is 39.9 Å². The van der Waals surface area contributed by atoms with Gasteiger partial charge in [0.2, 0.25) is 10.0 Å². The predicted octanol–water partition coefficient (Wildman–Crippen LogP) is 0.600. The summed E-state index contributed by atoms with van der Waals surface area (Å²) in [6, 6.07) is 4.28. The Morgan fingerprint density at radius 3 is 2.79 bits per heavy atom. The number of ether oxygens (including phenoxy) is 1. The molecule has 0 saturated heterocycles. The van der Waals surface area contributed by atoms with Gasteiger partial charge in [-0.15, -0.1) is 0 Å². The van der Waals surface area contributed by atoms with Gasteiger partial charge in [-0.3, -0.25) is 0 Å². The number of rotatable bonds is 8. The monoisotopic (exact) mass is 308 g/mol. The summed E-state index contributed by atoms with van der Waals surface area (Å²) in [6.07, 6.45) is 0.500. The van der Waals surface area contributed by atoms with Crippen LogP contribution in [0.15, 0.2) is 23.1 Å². The molecule has 0 radical (unpaired) electrons. The van der Waals surface area contributed by atoms with E-state index in [2.05, 4.69) is 4.72 Å². The first kappa shape index (κ1) is 16.2. The fourth-order valence-corrected chi connectivity index (χ4v) is 2.83. The van der Waals surface area contributed by atoms with Crippen LogP contribution in [0.25, 0.3) is 0 Å². The summed E-state index contributed by atoms with van der Waals surface area (Å²) in [5.74, 6) is 0. The summed E-state index contributed by atoms with van der Waals surface area (Å²) < 4.78 is 31.4. The van der Waals surface area contributed by atoms with Crippen molar-refractivity contribution in [1.29, 1.82) is 0 Å². The standard InChI is InChI=1S/C11H17ClN2O4S/c12-9-2-3-10(13)11(8-9)19(16,17)14-4-1-6-18-7-5-15/h2-3,8,14-15H,1,4-7,13H2. The van der Waals surface area contributed by atoms with Gasteiger partial charge in [-0.1, -0.05) is 11.6 Å². The summed E-state index contributed by atoms with van der Waals surface area (Å²) in [6.45, 7) is 0.784. The lowest BCUT2D eigenvalue weighted by Crippen LogP contribution is -2.26. The van der Waals surface area contributed by atoms with Crippen LogP contribution < -0.4 is 10.5 Å². The minimum absolute atomic E-state index is 0.0312. The van der Waals surface area contributed by atoms with Gasteiger partial charge in [0.05, 0.1) is 18.9 Å². The lowest BCUT2D eigenvalue weighted by atomic mass is 10.3. The topological polar surface area (TPSA) is 102 Å². The largest absolute Gasteiger partial charge is 0.398 e. The first-order valence-corrected chi connectivity index (χ1v) is 7.57. The van der Waals surface area contributed by atoms with Crippen LogP contribution in [0.1, 0.15) is 6.42 Å². The number of aliphatic hydroxyl groups excluding tert-OH is 1. The van der Waals surface area contributed by atoms with Gasteiger partial charge < -0.3 is 15.6 Å². The van der Waals surface area contributed by atoms with Crippen LogP contribution in [0, 0.1) is 0 Å². The minimum atomic E-state index is -3.67. The van der Waals surface area contributed by atoms with Crippen molar-refractivity contribution in [1.82, 2.24) is 4.72 Å². The number of nitrogen functional groups attached to an aromatic ring is 1. The predicted molar refractivity (Wildman–Crippen MR) is 73.6 cm³/mol. The minimum Gasteiger partial charge on any atom is -0.398 e. The zero-order valence-corrected chi connectivity index (χ0v) is 11.9. The molecule has 0 heterocycles. The number of halogens is 1. The third-order valence-electron chi connectivity index (χ3n) is 2.26. The van der Waals surface area contributed by atoms with Crippen molar-refractivity contribution in [2.45, 2.75) is 11.3 Å². The third-order valence-corrected chi connectivity index (χ3v) is 4.01. The van der Waals surface area contributed by atoms with Gasteiger partial charge >= 0.3 is 0 Å². The Morgan fingerprint density at radius 2 is 2.11 bits per heavy atom. The van der Waals surface area contributed by atoms with E-state index in [1.165, 1.54) is 18.2 Å². The van der Waals surface area contributed by atoms with Gasteiger partial charge in [0, 0.05) is 18.2 Å². The van der Waals surface area contributed by atoms with E-state index in [1.807, 2.05) is 0 Å². The molecule has 0 atom stereocenters. The molecule has 0 amide bonds. The van der Waals surface area contributed by atoms with E-state index in [0.717, 1.165) is 0 Å². The first-order chi connectivity index (χ1) is 8.97. The number of hydrogen-bond donors (Lipinski definition) is 3. The molecule has 1 aromatic carbocycles. The molecule has 0 saturated carbocycles. The van der Waals surface area contributed by atoms with Crippen LogP contribution in [0.3, 0.4) is 0 Å². The average Bonchev–Trinajstić information content (AvgIpc) is 2.36. The maximum atomic E-state index is 12.0. The summed E-state index contributed by atoms with van der Waals surface area (Å²) in [4.78, 5) is -0.0312. The Labute approximate surface area is 117 Å². The van der Waals surface area contributed by atoms with Crippen LogP contribution in [-0.2, 0) is 14.8 Å². The van der Waals surface area contributed by atoms with Crippen LogP contribution in [0.5, 0.6) is 0 Å². The molecule has 0 aromatic heterocycles. The van der Waals surface area contributed by atoms with Crippen molar-refractivity contribution in [3.05, 3.63) is 23.2 Å². The Morgan fingerprint density at radius 1 is 1.37 bits per heavy atom. The number of aliphatic hydroxyl groups is 1. The lowest BCUT2D eigenvalue weighted by molar-refractivity contribution is 0.0913. The molecule has 8 heteroatoms. The van der Waals surface area contributed by atoms with E-state index in [0.29, 0.717) is 18.1 Å². The average molecular weight is 309 g/mol. The van der Waals surface area contributed by atoms with Crippen molar-refractivity contribution in [3.8, 4) is 0 Å². The van der Waals surface area contributed by atoms with Crippen molar-refractivity contribution in [2.24, 2.45) is 0 Å². The number of hydrogen-bond acceptors (Lipinski definition) is 5. The molecule has 0 unspecified atom stereocenters. The van der Waals surface area contributed by atoms with Gasteiger partial charge in [-0.2, -0.15) is 0 Å². The van der Waals surface area contributed by atoms with Gasteiger partial charge in [-0.05, 0) is 24.6 Å². The number of benzene rings is 1. The van der Waals surface area contributed by atoms with E-state index in [1.54, 1.807) is 0 Å². The zero-order chi connectivity index (χ0) is 14.3. The highest BCUT2D eigenvalue weighted by Crippen LogP contribution is 2.22. The third kappa shape index (κ3) is 5.33. The molecule has 6 nitrogen and oxygen atoms in total. The van der Waals surface area contributed by atoms with Crippen molar-refractivity contribution in [3.63, 3.8) is 0 Å². The molecule has 1 rings (SSSR count). The summed E-state index contributed by atoms with van der Waals surface area (Å²) >= 11 is 5.75. The molecule has 1 aromatic rings. The second kappa shape index (κ2) is 7.66. The van der Waals surface area contributed by atoms with Crippen molar-refractivity contribution >= 4 is 27.3 Å². The maximum Gasteiger partial charge on any atom is 0.242 e. The maximum absolute atomic E-state index is 12.0. The molecule has 19 heavy (non-hydrogen) atoms. The van der Waals surface area contributed by atoms with Crippen molar-refractivity contribution < 1.29 is 18.3 Å². The fourth-order valence-electron chi connectivity index (χ4n) is 1.37. The molecule has 0 fully saturated rings. The molecule has 4 N–H and O–H groups in total. The fraction of sp³-hybridized carbons (Fsp3) is 0.455. The van der Waals surface area contributed by atoms with E-state index in [4.69, 9.17) is 27.2 Å². The van der Waals surface area contributed by atoms with E-state index in [9.17, 15) is 8.42 Å². The molecular weight excluding hydrogens is 292 g/mol. The highest BCUT2D eigenvalue weighted by Gasteiger charge is 2.17. The molecular formula is C11H17ClN2O4S. The summed E-state index contributed by atoms with van der Waals surface area (Å²) in [5, 5.41) is 8.80. The highest BCUT2D eigenvalue weighted by molar-refractivity contribution is 7.89. The lowest BCUT2D eigenvalue weighted by Gasteiger charge is -2.09. The number of sulfonamides is 1. The summed E-state index contributed by atoms with van der Waals surface area (Å²) in [7, 11) is -3.67. The number of nitrogens with two attached hydrogens (primary N) is 1. The molecule has 0 aliphatic heterocycles. The number of nitrogens with one attached hydrogen (secondary N) is 1. The van der Waals surface area contributed by atoms with Crippen LogP contribution >= 0.6 is 11.6 Å². The quantitative estimate of drug-likeness (QED) is 0.482. The van der Waals surface area contributed by atoms with E-state index < -0.39 is 10.0 Å². The first-order valence-electron chi connectivity index (χ1n) is 5.70. The molecule has 0 spiro atoms. The van der Waals surface area contributed by atoms with Crippen molar-refractivity contribution in [2.75, 3.05) is 32.1 Å². The van der Waals surface area contributed by atoms with Gasteiger partial charge in [0.1, 0.15) is 4.90 Å². The molecule has 0 aliphatic rings. The van der Waals surface area contributed by atoms with Crippen LogP contribution in [0.4, 0.5) is 5.69 Å².